The van der Waals surface area contributed by atoms with E-state index in [0.717, 1.165) is 0 Å². The van der Waals surface area contributed by atoms with Crippen LogP contribution >= 0.6 is 0 Å². The van der Waals surface area contributed by atoms with Crippen molar-refractivity contribution in [1.82, 2.24) is 0 Å². The molecule has 0 heterocycles. The zero-order valence-corrected chi connectivity index (χ0v) is 8.39. The maximum absolute atomic E-state index is 10.3. The van der Waals surface area contributed by atoms with E-state index in [9.17, 15) is 18.0 Å². The fraction of sp³-hybridized carbons (Fsp3) is 0.333. The molecule has 0 aliphatic rings. The van der Waals surface area contributed by atoms with Crippen LogP contribution in [0.2, 0.25) is 0 Å². The first-order valence-electron chi connectivity index (χ1n) is 3.30. The van der Waals surface area contributed by atoms with E-state index < -0.39 is 21.7 Å². The molecule has 0 spiro atoms. The van der Waals surface area contributed by atoms with E-state index in [0.29, 0.717) is 0 Å². The molecular formula is C6H6O6S2. The minimum absolute atomic E-state index is 0.208. The molecule has 0 aliphatic heterocycles. The summed E-state index contributed by atoms with van der Waals surface area (Å²) >= 11 is -0.416. The van der Waals surface area contributed by atoms with Gasteiger partial charge in [-0.15, -0.1) is 0 Å². The smallest absolute Gasteiger partial charge is 0.344 e. The average Bonchev–Trinajstić information content (AvgIpc) is 2.11. The Morgan fingerprint density at radius 1 is 0.857 bits per heavy atom. The van der Waals surface area contributed by atoms with E-state index in [1.807, 2.05) is 0 Å². The lowest BCUT2D eigenvalue weighted by molar-refractivity contribution is -0.130. The maximum atomic E-state index is 10.3. The molecule has 0 aromatic rings. The summed E-state index contributed by atoms with van der Waals surface area (Å²) in [5.41, 5.74) is 0. The van der Waals surface area contributed by atoms with Crippen molar-refractivity contribution in [2.75, 3.05) is 0 Å². The molecule has 0 saturated carbocycles. The number of rotatable bonds is 5. The lowest BCUT2D eigenvalue weighted by Gasteiger charge is -1.95. The molecule has 0 saturated heterocycles. The molecule has 0 aromatic heterocycles. The quantitative estimate of drug-likeness (QED) is 0.577. The summed E-state index contributed by atoms with van der Waals surface area (Å²) in [6, 6.07) is 0. The Balaban J connectivity index is 4.46. The van der Waals surface area contributed by atoms with E-state index in [2.05, 4.69) is 0 Å². The van der Waals surface area contributed by atoms with Crippen LogP contribution < -0.4 is 0 Å². The molecule has 0 rings (SSSR count). The van der Waals surface area contributed by atoms with Gasteiger partial charge in [0.25, 0.3) is 0 Å². The lowest BCUT2D eigenvalue weighted by Crippen LogP contribution is -2.18. The molecule has 0 fully saturated rings. The van der Waals surface area contributed by atoms with E-state index in [-0.39, 0.29) is 35.4 Å². The second kappa shape index (κ2) is 6.22. The molecule has 78 valence electrons. The van der Waals surface area contributed by atoms with Crippen LogP contribution in [0.25, 0.3) is 0 Å². The predicted octanol–water partition coefficient (Wildman–Crippen LogP) is -1.29. The van der Waals surface area contributed by atoms with Crippen LogP contribution in [0.5, 0.6) is 0 Å². The number of carboxylic acid groups (broad SMARTS) is 2. The lowest BCUT2D eigenvalue weighted by atomic mass is 10.2. The minimum atomic E-state index is -1.38. The summed E-state index contributed by atoms with van der Waals surface area (Å²) in [5.74, 6) is -2.77. The molecule has 0 atom stereocenters. The average molecular weight is 238 g/mol. The molecule has 0 radical (unpaired) electrons. The van der Waals surface area contributed by atoms with Crippen molar-refractivity contribution in [3.63, 3.8) is 0 Å². The maximum Gasteiger partial charge on any atom is 0.344 e. The number of carboxylic acids is 2. The van der Waals surface area contributed by atoms with Gasteiger partial charge >= 0.3 is 11.9 Å². The monoisotopic (exact) mass is 238 g/mol. The summed E-state index contributed by atoms with van der Waals surface area (Å²) in [7, 11) is 0. The Bertz CT molecular complexity index is 325. The molecule has 0 aromatic carbocycles. The highest BCUT2D eigenvalue weighted by molar-refractivity contribution is 7.69. The van der Waals surface area contributed by atoms with Gasteiger partial charge in [0.1, 0.15) is 9.73 Å². The van der Waals surface area contributed by atoms with E-state index in [1.54, 1.807) is 0 Å². The van der Waals surface area contributed by atoms with Crippen molar-refractivity contribution < 1.29 is 28.2 Å². The van der Waals surface area contributed by atoms with Gasteiger partial charge in [0.05, 0.1) is 22.5 Å². The van der Waals surface area contributed by atoms with Gasteiger partial charge in [0.15, 0.2) is 0 Å². The molecule has 8 heteroatoms. The van der Waals surface area contributed by atoms with E-state index in [4.69, 9.17) is 10.2 Å². The van der Waals surface area contributed by atoms with Gasteiger partial charge in [-0.3, -0.25) is 0 Å². The van der Waals surface area contributed by atoms with Gasteiger partial charge in [-0.2, -0.15) is 0 Å². The highest BCUT2D eigenvalue weighted by Gasteiger charge is 2.14. The number of carbonyl (C=O) groups is 2. The summed E-state index contributed by atoms with van der Waals surface area (Å²) < 4.78 is 20.4. The van der Waals surface area contributed by atoms with Gasteiger partial charge in [0.2, 0.25) is 0 Å². The Hall–Kier alpha value is -1.28. The van der Waals surface area contributed by atoms with Gasteiger partial charge in [0, 0.05) is 0 Å². The van der Waals surface area contributed by atoms with Gasteiger partial charge in [-0.05, 0) is 12.8 Å². The van der Waals surface area contributed by atoms with Gasteiger partial charge < -0.3 is 10.2 Å². The van der Waals surface area contributed by atoms with E-state index in [1.165, 1.54) is 0 Å². The van der Waals surface area contributed by atoms with Crippen LogP contribution in [-0.4, -0.2) is 40.3 Å². The normalized spacial score (nSPS) is 8.86. The summed E-state index contributed by atoms with van der Waals surface area (Å²) in [4.78, 5) is 19.8. The number of aliphatic carboxylic acids is 2. The second-order valence-electron chi connectivity index (χ2n) is 2.12. The molecule has 0 bridgehead atoms. The van der Waals surface area contributed by atoms with Crippen LogP contribution in [-0.2, 0) is 32.1 Å². The van der Waals surface area contributed by atoms with Crippen molar-refractivity contribution in [3.05, 3.63) is 0 Å². The molecule has 6 nitrogen and oxygen atoms in total. The van der Waals surface area contributed by atoms with Crippen LogP contribution in [0.4, 0.5) is 0 Å². The molecule has 14 heavy (non-hydrogen) atoms. The van der Waals surface area contributed by atoms with Crippen molar-refractivity contribution in [2.24, 2.45) is 0 Å². The highest BCUT2D eigenvalue weighted by atomic mass is 32.1. The Labute approximate surface area is 85.7 Å². The Morgan fingerprint density at radius 3 is 1.29 bits per heavy atom. The summed E-state index contributed by atoms with van der Waals surface area (Å²) in [6.07, 6.45) is -0.471. The molecule has 2 N–H and O–H groups in total. The molecule has 0 amide bonds. The first-order valence-corrected chi connectivity index (χ1v) is 4.79. The molecular weight excluding hydrogens is 232 g/mol. The number of hydrogen-bond donors (Lipinski definition) is 2. The van der Waals surface area contributed by atoms with Gasteiger partial charge in [-0.1, -0.05) is 0 Å². The van der Waals surface area contributed by atoms with E-state index >= 15 is 0 Å². The Morgan fingerprint density at radius 2 is 1.14 bits per heavy atom. The predicted molar refractivity (Wildman–Crippen MR) is 50.8 cm³/mol. The summed E-state index contributed by atoms with van der Waals surface area (Å²) in [6.45, 7) is 0. The first-order chi connectivity index (χ1) is 6.52. The Kier molecular flexibility index (Phi) is 5.65. The summed E-state index contributed by atoms with van der Waals surface area (Å²) in [5, 5.41) is 16.8. The molecule has 0 unspecified atom stereocenters. The van der Waals surface area contributed by atoms with Gasteiger partial charge in [-0.25, -0.2) is 18.0 Å². The highest BCUT2D eigenvalue weighted by Crippen LogP contribution is 1.94. The standard InChI is InChI=1S/C6H6O6S2/c7-5(8)3(13-11)1-2-4(14-12)6(9)10/h1-2H2,(H,7,8)(H,9,10). The first kappa shape index (κ1) is 12.7. The van der Waals surface area contributed by atoms with Crippen molar-refractivity contribution in [3.8, 4) is 0 Å². The zero-order chi connectivity index (χ0) is 11.1. The third-order valence-electron chi connectivity index (χ3n) is 1.26. The van der Waals surface area contributed by atoms with Crippen LogP contribution in [0.15, 0.2) is 0 Å². The zero-order valence-electron chi connectivity index (χ0n) is 6.76. The second-order valence-corrected chi connectivity index (χ2v) is 3.44. The molecule has 0 aliphatic carbocycles. The third-order valence-corrected chi connectivity index (χ3v) is 2.42. The topological polar surface area (TPSA) is 109 Å². The number of hydrogen-bond acceptors (Lipinski definition) is 4. The van der Waals surface area contributed by atoms with Crippen molar-refractivity contribution in [1.29, 1.82) is 0 Å². The largest absolute Gasteiger partial charge is 0.477 e. The minimum Gasteiger partial charge on any atom is -0.477 e. The van der Waals surface area contributed by atoms with Crippen LogP contribution in [0.3, 0.4) is 0 Å². The fourth-order valence-electron chi connectivity index (χ4n) is 0.596. The fourth-order valence-corrected chi connectivity index (χ4v) is 1.11. The van der Waals surface area contributed by atoms with Crippen LogP contribution in [0, 0.1) is 0 Å². The van der Waals surface area contributed by atoms with Crippen molar-refractivity contribution >= 4 is 44.2 Å². The van der Waals surface area contributed by atoms with Crippen molar-refractivity contribution in [2.45, 2.75) is 12.8 Å². The third kappa shape index (κ3) is 4.10. The van der Waals surface area contributed by atoms with Crippen LogP contribution in [0.1, 0.15) is 12.8 Å². The SMILES string of the molecule is O=S=C(CCC(=S=O)C(=O)O)C(=O)O.